The van der Waals surface area contributed by atoms with Crippen molar-refractivity contribution in [1.82, 2.24) is 10.3 Å². The van der Waals surface area contributed by atoms with Crippen molar-refractivity contribution in [3.05, 3.63) is 53.3 Å². The summed E-state index contributed by atoms with van der Waals surface area (Å²) in [5, 5.41) is 11.8. The minimum absolute atomic E-state index is 0.00501. The summed E-state index contributed by atoms with van der Waals surface area (Å²) < 4.78 is 0. The van der Waals surface area contributed by atoms with Crippen LogP contribution in [-0.2, 0) is 13.2 Å². The molecule has 1 aromatic carbocycles. The monoisotopic (exact) mass is 245 g/mol. The Bertz CT molecular complexity index is 549. The number of carbonyl (C=O) groups excluding carboxylic acids is 1. The van der Waals surface area contributed by atoms with Crippen molar-refractivity contribution >= 4 is 11.6 Å². The number of nitrogen functional groups attached to an aromatic ring is 1. The Hall–Kier alpha value is -2.27. The molecule has 0 atom stereocenters. The number of nitrogens with one attached hydrogen (secondary N) is 2. The van der Waals surface area contributed by atoms with Gasteiger partial charge >= 0.3 is 0 Å². The first-order valence-corrected chi connectivity index (χ1v) is 5.60. The van der Waals surface area contributed by atoms with Crippen molar-refractivity contribution in [3.8, 4) is 0 Å². The van der Waals surface area contributed by atoms with Gasteiger partial charge in [0.15, 0.2) is 0 Å². The topological polar surface area (TPSA) is 91.1 Å². The largest absolute Gasteiger partial charge is 0.397 e. The molecular weight excluding hydrogens is 230 g/mol. The van der Waals surface area contributed by atoms with Crippen LogP contribution in [0.1, 0.15) is 21.6 Å². The SMILES string of the molecule is Nc1c[nH]c(C(=O)NCc2cccc(CO)c2)c1. The predicted molar refractivity (Wildman–Crippen MR) is 68.7 cm³/mol. The van der Waals surface area contributed by atoms with Gasteiger partial charge in [0.25, 0.3) is 5.91 Å². The van der Waals surface area contributed by atoms with Crippen molar-refractivity contribution in [3.63, 3.8) is 0 Å². The van der Waals surface area contributed by atoms with Gasteiger partial charge in [-0.3, -0.25) is 4.79 Å². The van der Waals surface area contributed by atoms with Crippen molar-refractivity contribution in [1.29, 1.82) is 0 Å². The van der Waals surface area contributed by atoms with Gasteiger partial charge in [-0.05, 0) is 17.2 Å². The van der Waals surface area contributed by atoms with Crippen LogP contribution in [0.2, 0.25) is 0 Å². The van der Waals surface area contributed by atoms with Crippen LogP contribution >= 0.6 is 0 Å². The van der Waals surface area contributed by atoms with Crippen LogP contribution in [0.4, 0.5) is 5.69 Å². The minimum Gasteiger partial charge on any atom is -0.397 e. The number of amides is 1. The fourth-order valence-electron chi connectivity index (χ4n) is 1.66. The predicted octanol–water partition coefficient (Wildman–Crippen LogP) is 1.02. The number of hydrogen-bond acceptors (Lipinski definition) is 3. The van der Waals surface area contributed by atoms with E-state index in [1.54, 1.807) is 12.3 Å². The number of H-pyrrole nitrogens is 1. The molecule has 0 radical (unpaired) electrons. The van der Waals surface area contributed by atoms with Crippen LogP contribution in [0.15, 0.2) is 36.5 Å². The summed E-state index contributed by atoms with van der Waals surface area (Å²) >= 11 is 0. The lowest BCUT2D eigenvalue weighted by Gasteiger charge is -2.05. The molecule has 0 fully saturated rings. The Balaban J connectivity index is 1.97. The average Bonchev–Trinajstić information content (AvgIpc) is 2.83. The molecule has 0 saturated carbocycles. The van der Waals surface area contributed by atoms with Crippen molar-refractivity contribution in [2.75, 3.05) is 5.73 Å². The van der Waals surface area contributed by atoms with E-state index in [1.165, 1.54) is 0 Å². The van der Waals surface area contributed by atoms with Crippen LogP contribution in [0, 0.1) is 0 Å². The summed E-state index contributed by atoms with van der Waals surface area (Å²) in [6.07, 6.45) is 1.57. The molecule has 0 unspecified atom stereocenters. The average molecular weight is 245 g/mol. The highest BCUT2D eigenvalue weighted by Gasteiger charge is 2.07. The molecule has 1 aromatic heterocycles. The molecule has 0 aliphatic carbocycles. The molecule has 1 heterocycles. The maximum atomic E-state index is 11.7. The van der Waals surface area contributed by atoms with Gasteiger partial charge in [-0.2, -0.15) is 0 Å². The second-order valence-electron chi connectivity index (χ2n) is 4.01. The van der Waals surface area contributed by atoms with E-state index < -0.39 is 0 Å². The number of carbonyl (C=O) groups is 1. The smallest absolute Gasteiger partial charge is 0.268 e. The third-order valence-corrected chi connectivity index (χ3v) is 2.58. The highest BCUT2D eigenvalue weighted by Crippen LogP contribution is 2.07. The normalized spacial score (nSPS) is 10.3. The Morgan fingerprint density at radius 1 is 1.33 bits per heavy atom. The molecule has 0 aliphatic heterocycles. The number of hydrogen-bond donors (Lipinski definition) is 4. The summed E-state index contributed by atoms with van der Waals surface area (Å²) in [4.78, 5) is 14.5. The van der Waals surface area contributed by atoms with Crippen LogP contribution in [0.25, 0.3) is 0 Å². The molecular formula is C13H15N3O2. The molecule has 0 bridgehead atoms. The fraction of sp³-hybridized carbons (Fsp3) is 0.154. The van der Waals surface area contributed by atoms with Crippen LogP contribution in [-0.4, -0.2) is 16.0 Å². The second-order valence-corrected chi connectivity index (χ2v) is 4.01. The van der Waals surface area contributed by atoms with Gasteiger partial charge in [0.1, 0.15) is 5.69 Å². The number of benzene rings is 1. The maximum absolute atomic E-state index is 11.7. The molecule has 0 saturated heterocycles. The van der Waals surface area contributed by atoms with E-state index in [1.807, 2.05) is 24.3 Å². The number of aromatic nitrogens is 1. The molecule has 2 aromatic rings. The number of anilines is 1. The van der Waals surface area contributed by atoms with E-state index in [2.05, 4.69) is 10.3 Å². The molecule has 94 valence electrons. The Labute approximate surface area is 105 Å². The molecule has 2 rings (SSSR count). The lowest BCUT2D eigenvalue weighted by atomic mass is 10.1. The number of rotatable bonds is 4. The molecule has 0 spiro atoms. The zero-order valence-electron chi connectivity index (χ0n) is 9.81. The number of aromatic amines is 1. The van der Waals surface area contributed by atoms with Gasteiger partial charge in [-0.1, -0.05) is 24.3 Å². The van der Waals surface area contributed by atoms with Crippen LogP contribution < -0.4 is 11.1 Å². The molecule has 0 aliphatic rings. The van der Waals surface area contributed by atoms with E-state index in [-0.39, 0.29) is 12.5 Å². The van der Waals surface area contributed by atoms with Crippen LogP contribution in [0.3, 0.4) is 0 Å². The van der Waals surface area contributed by atoms with Gasteiger partial charge in [0.2, 0.25) is 0 Å². The number of nitrogens with two attached hydrogens (primary N) is 1. The maximum Gasteiger partial charge on any atom is 0.268 e. The molecule has 18 heavy (non-hydrogen) atoms. The summed E-state index contributed by atoms with van der Waals surface area (Å²) in [6, 6.07) is 9.00. The lowest BCUT2D eigenvalue weighted by molar-refractivity contribution is 0.0946. The van der Waals surface area contributed by atoms with Gasteiger partial charge in [-0.25, -0.2) is 0 Å². The highest BCUT2D eigenvalue weighted by atomic mass is 16.3. The van der Waals surface area contributed by atoms with E-state index >= 15 is 0 Å². The highest BCUT2D eigenvalue weighted by molar-refractivity contribution is 5.93. The zero-order valence-corrected chi connectivity index (χ0v) is 9.81. The molecule has 5 heteroatoms. The van der Waals surface area contributed by atoms with Crippen molar-refractivity contribution in [2.24, 2.45) is 0 Å². The van der Waals surface area contributed by atoms with E-state index in [9.17, 15) is 4.79 Å². The Kier molecular flexibility index (Phi) is 3.64. The number of aliphatic hydroxyl groups is 1. The van der Waals surface area contributed by atoms with Crippen LogP contribution in [0.5, 0.6) is 0 Å². The standard InChI is InChI=1S/C13H15N3O2/c14-11-5-12(15-7-11)13(18)16-6-9-2-1-3-10(4-9)8-17/h1-5,7,15,17H,6,8,14H2,(H,16,18). The molecule has 1 amide bonds. The number of aliphatic hydroxyl groups excluding tert-OH is 1. The van der Waals surface area contributed by atoms with Gasteiger partial charge in [0, 0.05) is 18.4 Å². The van der Waals surface area contributed by atoms with Crippen molar-refractivity contribution in [2.45, 2.75) is 13.2 Å². The third kappa shape index (κ3) is 2.89. The first-order chi connectivity index (χ1) is 8.69. The zero-order chi connectivity index (χ0) is 13.0. The van der Waals surface area contributed by atoms with E-state index in [4.69, 9.17) is 10.8 Å². The fourth-order valence-corrected chi connectivity index (χ4v) is 1.66. The molecule has 5 N–H and O–H groups in total. The molecule has 5 nitrogen and oxygen atoms in total. The van der Waals surface area contributed by atoms with Gasteiger partial charge < -0.3 is 21.1 Å². The van der Waals surface area contributed by atoms with Gasteiger partial charge in [0.05, 0.1) is 6.61 Å². The lowest BCUT2D eigenvalue weighted by Crippen LogP contribution is -2.23. The second kappa shape index (κ2) is 5.37. The minimum atomic E-state index is -0.207. The third-order valence-electron chi connectivity index (χ3n) is 2.58. The van der Waals surface area contributed by atoms with Gasteiger partial charge in [-0.15, -0.1) is 0 Å². The Morgan fingerprint density at radius 2 is 2.11 bits per heavy atom. The first-order valence-electron chi connectivity index (χ1n) is 5.60. The Morgan fingerprint density at radius 3 is 2.78 bits per heavy atom. The summed E-state index contributed by atoms with van der Waals surface area (Å²) in [6.45, 7) is 0.403. The van der Waals surface area contributed by atoms with E-state index in [0.29, 0.717) is 17.9 Å². The summed E-state index contributed by atoms with van der Waals surface area (Å²) in [5.41, 5.74) is 8.25. The summed E-state index contributed by atoms with van der Waals surface area (Å²) in [5.74, 6) is -0.207. The quantitative estimate of drug-likeness (QED) is 0.648. The first kappa shape index (κ1) is 12.2. The summed E-state index contributed by atoms with van der Waals surface area (Å²) in [7, 11) is 0. The van der Waals surface area contributed by atoms with E-state index in [0.717, 1.165) is 11.1 Å². The van der Waals surface area contributed by atoms with Crippen molar-refractivity contribution < 1.29 is 9.90 Å².